The van der Waals surface area contributed by atoms with E-state index in [1.807, 2.05) is 0 Å². The van der Waals surface area contributed by atoms with Crippen LogP contribution in [0.1, 0.15) is 17.9 Å². The average molecular weight is 258 g/mol. The summed E-state index contributed by atoms with van der Waals surface area (Å²) in [4.78, 5) is 14.6. The van der Waals surface area contributed by atoms with Crippen LogP contribution in [0.5, 0.6) is 0 Å². The molecule has 17 heavy (non-hydrogen) atoms. The van der Waals surface area contributed by atoms with E-state index >= 15 is 0 Å². The Balaban J connectivity index is 2.78. The highest BCUT2D eigenvalue weighted by molar-refractivity contribution is 7.88. The van der Waals surface area contributed by atoms with Gasteiger partial charge in [-0.15, -0.1) is 0 Å². The number of hydrogen-bond acceptors (Lipinski definition) is 4. The van der Waals surface area contributed by atoms with Gasteiger partial charge in [-0.05, 0) is 11.6 Å². The van der Waals surface area contributed by atoms with Crippen molar-refractivity contribution in [3.05, 3.63) is 30.1 Å². The molecule has 1 rings (SSSR count). The highest BCUT2D eigenvalue weighted by atomic mass is 32.2. The maximum atomic E-state index is 11.0. The number of nitrogens with zero attached hydrogens (tertiary/aromatic N) is 1. The van der Waals surface area contributed by atoms with Crippen LogP contribution in [0, 0.1) is 0 Å². The lowest BCUT2D eigenvalue weighted by Gasteiger charge is -2.14. The molecule has 1 unspecified atom stereocenters. The second-order valence-electron chi connectivity index (χ2n) is 3.70. The van der Waals surface area contributed by atoms with E-state index in [0.29, 0.717) is 5.56 Å². The second-order valence-corrected chi connectivity index (χ2v) is 5.53. The topological polar surface area (TPSA) is 96.4 Å². The Labute approximate surface area is 99.7 Å². The van der Waals surface area contributed by atoms with Gasteiger partial charge < -0.3 is 5.11 Å². The first-order valence-electron chi connectivity index (χ1n) is 4.95. The molecule has 0 aliphatic carbocycles. The smallest absolute Gasteiger partial charge is 0.304 e. The Hall–Kier alpha value is -1.47. The summed E-state index contributed by atoms with van der Waals surface area (Å²) in [5.41, 5.74) is 0.700. The zero-order valence-corrected chi connectivity index (χ0v) is 10.1. The van der Waals surface area contributed by atoms with Crippen LogP contribution in [0.15, 0.2) is 24.5 Å². The van der Waals surface area contributed by atoms with Gasteiger partial charge in [0.1, 0.15) is 0 Å². The van der Waals surface area contributed by atoms with Crippen molar-refractivity contribution in [3.8, 4) is 0 Å². The minimum absolute atomic E-state index is 0.0524. The fourth-order valence-corrected chi connectivity index (χ4v) is 1.89. The zero-order valence-electron chi connectivity index (χ0n) is 9.33. The number of aliphatic carboxylic acids is 1. The van der Waals surface area contributed by atoms with E-state index in [0.717, 1.165) is 6.26 Å². The van der Waals surface area contributed by atoms with Crippen LogP contribution < -0.4 is 4.72 Å². The van der Waals surface area contributed by atoms with Crippen LogP contribution in [0.3, 0.4) is 0 Å². The molecule has 0 bridgehead atoms. The lowest BCUT2D eigenvalue weighted by Crippen LogP contribution is -2.28. The molecule has 0 aliphatic rings. The number of nitrogens with one attached hydrogen (secondary N) is 1. The van der Waals surface area contributed by atoms with Crippen molar-refractivity contribution in [2.24, 2.45) is 0 Å². The van der Waals surface area contributed by atoms with Crippen molar-refractivity contribution in [1.29, 1.82) is 0 Å². The molecule has 0 saturated heterocycles. The van der Waals surface area contributed by atoms with Gasteiger partial charge in [0, 0.05) is 24.9 Å². The number of carbonyl (C=O) groups is 1. The molecule has 0 aromatic carbocycles. The Morgan fingerprint density at radius 1 is 1.59 bits per heavy atom. The molecule has 1 aromatic rings. The van der Waals surface area contributed by atoms with Crippen molar-refractivity contribution in [1.82, 2.24) is 9.71 Å². The molecule has 0 saturated carbocycles. The molecule has 0 radical (unpaired) electrons. The van der Waals surface area contributed by atoms with Crippen molar-refractivity contribution in [3.63, 3.8) is 0 Å². The first-order valence-corrected chi connectivity index (χ1v) is 6.84. The molecule has 0 aliphatic heterocycles. The van der Waals surface area contributed by atoms with Gasteiger partial charge in [0.15, 0.2) is 0 Å². The third kappa shape index (κ3) is 5.41. The zero-order chi connectivity index (χ0) is 12.9. The largest absolute Gasteiger partial charge is 0.481 e. The lowest BCUT2D eigenvalue weighted by atomic mass is 9.98. The van der Waals surface area contributed by atoms with Gasteiger partial charge in [0.2, 0.25) is 10.0 Å². The number of aromatic nitrogens is 1. The molecule has 94 valence electrons. The summed E-state index contributed by atoms with van der Waals surface area (Å²) in [5.74, 6) is -1.40. The van der Waals surface area contributed by atoms with Gasteiger partial charge in [-0.1, -0.05) is 6.07 Å². The highest BCUT2D eigenvalue weighted by Crippen LogP contribution is 2.17. The van der Waals surface area contributed by atoms with E-state index in [-0.39, 0.29) is 13.0 Å². The third-order valence-corrected chi connectivity index (χ3v) is 2.86. The Morgan fingerprint density at radius 3 is 2.76 bits per heavy atom. The van der Waals surface area contributed by atoms with Gasteiger partial charge in [-0.3, -0.25) is 9.78 Å². The van der Waals surface area contributed by atoms with Gasteiger partial charge in [0.05, 0.1) is 12.7 Å². The summed E-state index contributed by atoms with van der Waals surface area (Å²) in [6, 6.07) is 3.41. The monoisotopic (exact) mass is 258 g/mol. The third-order valence-electron chi connectivity index (χ3n) is 2.17. The van der Waals surface area contributed by atoms with Crippen molar-refractivity contribution in [2.75, 3.05) is 12.8 Å². The fraction of sp³-hybridized carbons (Fsp3) is 0.400. The summed E-state index contributed by atoms with van der Waals surface area (Å²) in [6.07, 6.45) is 4.01. The number of sulfonamides is 1. The maximum absolute atomic E-state index is 11.0. The second kappa shape index (κ2) is 5.74. The van der Waals surface area contributed by atoms with Gasteiger partial charge in [-0.25, -0.2) is 13.1 Å². The Kier molecular flexibility index (Phi) is 4.59. The molecular formula is C10H14N2O4S. The van der Waals surface area contributed by atoms with Crippen molar-refractivity contribution >= 4 is 16.0 Å². The maximum Gasteiger partial charge on any atom is 0.304 e. The van der Waals surface area contributed by atoms with E-state index in [4.69, 9.17) is 5.11 Å². The number of hydrogen-bond donors (Lipinski definition) is 2. The van der Waals surface area contributed by atoms with Crippen molar-refractivity contribution < 1.29 is 18.3 Å². The standard InChI is InChI=1S/C10H14N2O4S/c1-17(15,16)12-7-9(5-10(13)14)8-3-2-4-11-6-8/h2-4,6,9,12H,5,7H2,1H3,(H,13,14). The van der Waals surface area contributed by atoms with Crippen LogP contribution in [0.4, 0.5) is 0 Å². The number of rotatable bonds is 6. The summed E-state index contributed by atoms with van der Waals surface area (Å²) in [6.45, 7) is 0.0524. The summed E-state index contributed by atoms with van der Waals surface area (Å²) < 4.78 is 24.3. The molecule has 1 atom stereocenters. The number of carboxylic acids is 1. The number of pyridine rings is 1. The SMILES string of the molecule is CS(=O)(=O)NCC(CC(=O)O)c1cccnc1. The van der Waals surface area contributed by atoms with Crippen LogP contribution in [-0.2, 0) is 14.8 Å². The molecule has 1 aromatic heterocycles. The molecule has 6 nitrogen and oxygen atoms in total. The fourth-order valence-electron chi connectivity index (χ4n) is 1.39. The summed E-state index contributed by atoms with van der Waals surface area (Å²) in [5, 5.41) is 8.78. The van der Waals surface area contributed by atoms with Crippen LogP contribution in [0.25, 0.3) is 0 Å². The van der Waals surface area contributed by atoms with Crippen LogP contribution in [-0.4, -0.2) is 37.3 Å². The molecule has 0 spiro atoms. The lowest BCUT2D eigenvalue weighted by molar-refractivity contribution is -0.137. The van der Waals surface area contributed by atoms with Gasteiger partial charge in [-0.2, -0.15) is 0 Å². The molecular weight excluding hydrogens is 244 g/mol. The quantitative estimate of drug-likeness (QED) is 0.759. The predicted octanol–water partition coefficient (Wildman–Crippen LogP) is 0.189. The molecule has 0 fully saturated rings. The van der Waals surface area contributed by atoms with E-state index in [2.05, 4.69) is 9.71 Å². The molecule has 1 heterocycles. The first-order chi connectivity index (χ1) is 7.88. The van der Waals surface area contributed by atoms with E-state index in [1.165, 1.54) is 6.20 Å². The summed E-state index contributed by atoms with van der Waals surface area (Å²) >= 11 is 0. The predicted molar refractivity (Wildman–Crippen MR) is 62.1 cm³/mol. The minimum atomic E-state index is -3.33. The summed E-state index contributed by atoms with van der Waals surface area (Å²) in [7, 11) is -3.33. The molecule has 0 amide bonds. The van der Waals surface area contributed by atoms with Crippen molar-refractivity contribution in [2.45, 2.75) is 12.3 Å². The van der Waals surface area contributed by atoms with E-state index in [9.17, 15) is 13.2 Å². The molecule has 2 N–H and O–H groups in total. The molecule has 7 heteroatoms. The van der Waals surface area contributed by atoms with Crippen LogP contribution >= 0.6 is 0 Å². The number of carboxylic acid groups (broad SMARTS) is 1. The average Bonchev–Trinajstić information content (AvgIpc) is 2.24. The van der Waals surface area contributed by atoms with Crippen LogP contribution in [0.2, 0.25) is 0 Å². The Bertz CT molecular complexity index is 472. The minimum Gasteiger partial charge on any atom is -0.481 e. The first kappa shape index (κ1) is 13.6. The van der Waals surface area contributed by atoms with Gasteiger partial charge >= 0.3 is 5.97 Å². The Morgan fingerprint density at radius 2 is 2.29 bits per heavy atom. The highest BCUT2D eigenvalue weighted by Gasteiger charge is 2.17. The van der Waals surface area contributed by atoms with E-state index < -0.39 is 21.9 Å². The van der Waals surface area contributed by atoms with E-state index in [1.54, 1.807) is 18.3 Å². The van der Waals surface area contributed by atoms with Gasteiger partial charge in [0.25, 0.3) is 0 Å². The normalized spacial score (nSPS) is 13.2.